The number of hydrogen-bond acceptors (Lipinski definition) is 4. The van der Waals surface area contributed by atoms with Gasteiger partial charge in [0.2, 0.25) is 5.91 Å². The van der Waals surface area contributed by atoms with E-state index >= 15 is 0 Å². The van der Waals surface area contributed by atoms with Gasteiger partial charge >= 0.3 is 0 Å². The number of nitrogens with zero attached hydrogens (tertiary/aromatic N) is 2. The van der Waals surface area contributed by atoms with Gasteiger partial charge in [0.05, 0.1) is 18.1 Å². The number of nitrogens with two attached hydrogens (primary N) is 1. The molecule has 0 radical (unpaired) electrons. The lowest BCUT2D eigenvalue weighted by atomic mass is 10.00. The van der Waals surface area contributed by atoms with E-state index in [0.29, 0.717) is 18.9 Å². The number of sulfone groups is 1. The maximum atomic E-state index is 11.8. The van der Waals surface area contributed by atoms with Crippen molar-refractivity contribution in [1.82, 2.24) is 10.2 Å². The van der Waals surface area contributed by atoms with Gasteiger partial charge in [0, 0.05) is 25.6 Å². The van der Waals surface area contributed by atoms with E-state index in [9.17, 15) is 13.2 Å². The Balaban J connectivity index is 1.69. The largest absolute Gasteiger partial charge is 0.370 e. The summed E-state index contributed by atoms with van der Waals surface area (Å²) in [5, 5.41) is 2.75. The minimum absolute atomic E-state index is 0.0517. The monoisotopic (exact) mass is 330 g/mol. The fraction of sp³-hybridized carbons (Fsp3) is 0.857. The second-order valence-corrected chi connectivity index (χ2v) is 8.56. The van der Waals surface area contributed by atoms with E-state index in [1.165, 1.54) is 0 Å². The molecule has 1 unspecified atom stereocenters. The molecule has 3 N–H and O–H groups in total. The van der Waals surface area contributed by atoms with Crippen LogP contribution in [0, 0.1) is 5.92 Å². The average Bonchev–Trinajstić information content (AvgIpc) is 2.78. The Kier molecular flexibility index (Phi) is 5.66. The molecule has 0 aromatic rings. The van der Waals surface area contributed by atoms with Crippen LogP contribution >= 0.6 is 0 Å². The minimum Gasteiger partial charge on any atom is -0.370 e. The predicted molar refractivity (Wildman–Crippen MR) is 86.3 cm³/mol. The summed E-state index contributed by atoms with van der Waals surface area (Å²) in [4.78, 5) is 18.1. The average molecular weight is 330 g/mol. The number of carbonyl (C=O) groups is 1. The molecule has 0 saturated carbocycles. The van der Waals surface area contributed by atoms with Crippen LogP contribution in [-0.2, 0) is 14.6 Å². The van der Waals surface area contributed by atoms with Gasteiger partial charge in [-0.25, -0.2) is 8.42 Å². The molecule has 22 heavy (non-hydrogen) atoms. The maximum absolute atomic E-state index is 11.8. The topological polar surface area (TPSA) is 105 Å². The second-order valence-electron chi connectivity index (χ2n) is 6.33. The van der Waals surface area contributed by atoms with Crippen LogP contribution in [0.5, 0.6) is 0 Å². The van der Waals surface area contributed by atoms with E-state index in [1.807, 2.05) is 0 Å². The zero-order valence-corrected chi connectivity index (χ0v) is 13.9. The molecule has 2 aliphatic rings. The third-order valence-electron chi connectivity index (χ3n) is 4.32. The van der Waals surface area contributed by atoms with Crippen molar-refractivity contribution in [2.24, 2.45) is 16.6 Å². The molecule has 0 spiro atoms. The molecule has 2 aliphatic heterocycles. The Morgan fingerprint density at radius 1 is 1.32 bits per heavy atom. The number of piperidine rings is 1. The smallest absolute Gasteiger partial charge is 0.222 e. The van der Waals surface area contributed by atoms with Crippen molar-refractivity contribution in [2.75, 3.05) is 31.1 Å². The third-order valence-corrected chi connectivity index (χ3v) is 6.09. The van der Waals surface area contributed by atoms with Crippen molar-refractivity contribution in [3.8, 4) is 0 Å². The zero-order valence-electron chi connectivity index (χ0n) is 13.1. The van der Waals surface area contributed by atoms with E-state index in [-0.39, 0.29) is 29.9 Å². The SMILES string of the molecule is CC1CCN(C(N)=NCCC(=O)NC2CCS(=O)(=O)C2)CC1. The van der Waals surface area contributed by atoms with Gasteiger partial charge in [-0.2, -0.15) is 0 Å². The molecule has 2 rings (SSSR count). The fourth-order valence-electron chi connectivity index (χ4n) is 2.82. The molecule has 7 nitrogen and oxygen atoms in total. The van der Waals surface area contributed by atoms with Crippen LogP contribution in [0.3, 0.4) is 0 Å². The minimum atomic E-state index is -2.96. The first-order valence-electron chi connectivity index (χ1n) is 7.90. The quantitative estimate of drug-likeness (QED) is 0.545. The fourth-order valence-corrected chi connectivity index (χ4v) is 4.49. The van der Waals surface area contributed by atoms with Crippen LogP contribution in [0.25, 0.3) is 0 Å². The molecule has 1 atom stereocenters. The summed E-state index contributed by atoms with van der Waals surface area (Å²) in [7, 11) is -2.96. The highest BCUT2D eigenvalue weighted by Gasteiger charge is 2.28. The number of hydrogen-bond donors (Lipinski definition) is 2. The molecule has 0 aromatic heterocycles. The van der Waals surface area contributed by atoms with Crippen molar-refractivity contribution in [1.29, 1.82) is 0 Å². The third kappa shape index (κ3) is 5.15. The molecule has 2 fully saturated rings. The molecule has 1 amide bonds. The van der Waals surface area contributed by atoms with Crippen molar-refractivity contribution in [2.45, 2.75) is 38.6 Å². The molecule has 2 heterocycles. The van der Waals surface area contributed by atoms with Crippen LogP contribution in [0.1, 0.15) is 32.6 Å². The van der Waals surface area contributed by atoms with Crippen molar-refractivity contribution in [3.63, 3.8) is 0 Å². The number of carbonyl (C=O) groups excluding carboxylic acids is 1. The molecule has 8 heteroatoms. The highest BCUT2D eigenvalue weighted by Crippen LogP contribution is 2.15. The van der Waals surface area contributed by atoms with Crippen LogP contribution in [-0.4, -0.2) is 62.4 Å². The lowest BCUT2D eigenvalue weighted by molar-refractivity contribution is -0.121. The van der Waals surface area contributed by atoms with Gasteiger partial charge in [-0.3, -0.25) is 9.79 Å². The number of likely N-dealkylation sites (tertiary alicyclic amines) is 1. The highest BCUT2D eigenvalue weighted by molar-refractivity contribution is 7.91. The number of nitrogens with one attached hydrogen (secondary N) is 1. The van der Waals surface area contributed by atoms with Crippen molar-refractivity contribution < 1.29 is 13.2 Å². The van der Waals surface area contributed by atoms with Crippen molar-refractivity contribution >= 4 is 21.7 Å². The van der Waals surface area contributed by atoms with Gasteiger partial charge in [0.1, 0.15) is 0 Å². The first-order valence-corrected chi connectivity index (χ1v) is 9.72. The molecular weight excluding hydrogens is 304 g/mol. The van der Waals surface area contributed by atoms with Crippen LogP contribution in [0.15, 0.2) is 4.99 Å². The Labute approximate surface area is 132 Å². The normalized spacial score (nSPS) is 26.1. The summed E-state index contributed by atoms with van der Waals surface area (Å²) in [6.45, 7) is 4.41. The van der Waals surface area contributed by atoms with Crippen LogP contribution in [0.2, 0.25) is 0 Å². The van der Waals surface area contributed by atoms with Crippen molar-refractivity contribution in [3.05, 3.63) is 0 Å². The molecule has 0 bridgehead atoms. The van der Waals surface area contributed by atoms with Gasteiger partial charge < -0.3 is 16.0 Å². The predicted octanol–water partition coefficient (Wildman–Crippen LogP) is -0.274. The summed E-state index contributed by atoms with van der Waals surface area (Å²) >= 11 is 0. The Morgan fingerprint density at radius 2 is 2.00 bits per heavy atom. The van der Waals surface area contributed by atoms with Gasteiger partial charge in [0.15, 0.2) is 15.8 Å². The van der Waals surface area contributed by atoms with E-state index < -0.39 is 9.84 Å². The van der Waals surface area contributed by atoms with Crippen LogP contribution in [0.4, 0.5) is 0 Å². The number of rotatable bonds is 4. The summed E-state index contributed by atoms with van der Waals surface area (Å²) < 4.78 is 22.7. The highest BCUT2D eigenvalue weighted by atomic mass is 32.2. The van der Waals surface area contributed by atoms with Gasteiger partial charge in [-0.1, -0.05) is 6.92 Å². The maximum Gasteiger partial charge on any atom is 0.222 e. The number of amides is 1. The Morgan fingerprint density at radius 3 is 2.59 bits per heavy atom. The van der Waals surface area contributed by atoms with E-state index in [0.717, 1.165) is 31.8 Å². The first kappa shape index (κ1) is 17.1. The lowest BCUT2D eigenvalue weighted by Gasteiger charge is -2.31. The molecule has 2 saturated heterocycles. The summed E-state index contributed by atoms with van der Waals surface area (Å²) in [5.41, 5.74) is 5.94. The summed E-state index contributed by atoms with van der Waals surface area (Å²) in [6, 6.07) is -0.248. The first-order chi connectivity index (χ1) is 10.4. The number of aliphatic imine (C=N–C) groups is 1. The molecule has 126 valence electrons. The summed E-state index contributed by atoms with van der Waals surface area (Å²) in [6.07, 6.45) is 2.98. The second kappa shape index (κ2) is 7.30. The van der Waals surface area contributed by atoms with Gasteiger partial charge in [-0.15, -0.1) is 0 Å². The lowest BCUT2D eigenvalue weighted by Crippen LogP contribution is -2.42. The number of guanidine groups is 1. The molecule has 0 aromatic carbocycles. The molecule has 0 aliphatic carbocycles. The van der Waals surface area contributed by atoms with Gasteiger partial charge in [0.25, 0.3) is 0 Å². The Hall–Kier alpha value is -1.31. The van der Waals surface area contributed by atoms with E-state index in [1.54, 1.807) is 0 Å². The van der Waals surface area contributed by atoms with E-state index in [2.05, 4.69) is 22.1 Å². The molecular formula is C14H26N4O3S. The van der Waals surface area contributed by atoms with Gasteiger partial charge in [-0.05, 0) is 25.2 Å². The summed E-state index contributed by atoms with van der Waals surface area (Å²) in [5.74, 6) is 1.29. The Bertz CT molecular complexity index is 524. The van der Waals surface area contributed by atoms with Crippen LogP contribution < -0.4 is 11.1 Å². The standard InChI is InChI=1S/C14H26N4O3S/c1-11-3-7-18(8-4-11)14(15)16-6-2-13(19)17-12-5-9-22(20,21)10-12/h11-12H,2-10H2,1H3,(H2,15,16)(H,17,19). The van der Waals surface area contributed by atoms with E-state index in [4.69, 9.17) is 5.73 Å². The zero-order chi connectivity index (χ0) is 16.2.